The molecule has 0 radical (unpaired) electrons. The molecule has 26 heavy (non-hydrogen) atoms. The van der Waals surface area contributed by atoms with Crippen molar-refractivity contribution in [1.82, 2.24) is 0 Å². The van der Waals surface area contributed by atoms with Gasteiger partial charge in [-0.2, -0.15) is 0 Å². The minimum absolute atomic E-state index is 0.0296. The number of rotatable bonds is 2. The molecule has 3 rings (SSSR count). The SMILES string of the molecule is C=C(C)[C@@H]1CCC2=C[C@H](C/C(C)=C\C3(C(C)=O)C=C(C)C[C@H]1O3)OC2=O. The van der Waals surface area contributed by atoms with Crippen LogP contribution >= 0.6 is 0 Å². The van der Waals surface area contributed by atoms with E-state index in [1.807, 2.05) is 32.1 Å². The molecule has 0 aromatic heterocycles. The van der Waals surface area contributed by atoms with Crippen LogP contribution in [0.4, 0.5) is 0 Å². The lowest BCUT2D eigenvalue weighted by Crippen LogP contribution is -2.45. The number of ketones is 1. The van der Waals surface area contributed by atoms with Gasteiger partial charge in [0.15, 0.2) is 11.4 Å². The van der Waals surface area contributed by atoms with Gasteiger partial charge < -0.3 is 9.47 Å². The zero-order chi connectivity index (χ0) is 19.1. The molecule has 3 aliphatic heterocycles. The van der Waals surface area contributed by atoms with Gasteiger partial charge in [-0.05, 0) is 65.2 Å². The molecule has 0 aromatic rings. The lowest BCUT2D eigenvalue weighted by molar-refractivity contribution is -0.141. The molecule has 0 fully saturated rings. The minimum atomic E-state index is -1.04. The summed E-state index contributed by atoms with van der Waals surface area (Å²) < 4.78 is 11.9. The maximum atomic E-state index is 12.6. The molecule has 0 spiro atoms. The number of esters is 1. The molecule has 4 bridgehead atoms. The smallest absolute Gasteiger partial charge is 0.334 e. The molecule has 4 nitrogen and oxygen atoms in total. The average molecular weight is 356 g/mol. The van der Waals surface area contributed by atoms with Crippen LogP contribution in [0.1, 0.15) is 53.4 Å². The molecule has 3 heterocycles. The number of hydrogen-bond donors (Lipinski definition) is 0. The van der Waals surface area contributed by atoms with E-state index in [1.165, 1.54) is 0 Å². The van der Waals surface area contributed by atoms with Crippen LogP contribution in [0.5, 0.6) is 0 Å². The van der Waals surface area contributed by atoms with E-state index in [-0.39, 0.29) is 29.9 Å². The Kier molecular flexibility index (Phi) is 5.07. The predicted molar refractivity (Wildman–Crippen MR) is 101 cm³/mol. The Bertz CT molecular complexity index is 739. The summed E-state index contributed by atoms with van der Waals surface area (Å²) in [6.07, 6.45) is 8.15. The van der Waals surface area contributed by atoms with Gasteiger partial charge in [0.1, 0.15) is 6.10 Å². The fourth-order valence-electron chi connectivity index (χ4n) is 4.28. The fourth-order valence-corrected chi connectivity index (χ4v) is 4.28. The third-order valence-corrected chi connectivity index (χ3v) is 5.58. The van der Waals surface area contributed by atoms with Gasteiger partial charge in [-0.25, -0.2) is 4.79 Å². The van der Waals surface area contributed by atoms with E-state index in [1.54, 1.807) is 6.92 Å². The number of fused-ring (bicyclic) bond motifs is 3. The molecule has 140 valence electrons. The summed E-state index contributed by atoms with van der Waals surface area (Å²) in [6.45, 7) is 11.7. The monoisotopic (exact) mass is 356 g/mol. The van der Waals surface area contributed by atoms with Gasteiger partial charge in [0, 0.05) is 17.9 Å². The maximum absolute atomic E-state index is 12.6. The summed E-state index contributed by atoms with van der Waals surface area (Å²) >= 11 is 0. The van der Waals surface area contributed by atoms with Crippen molar-refractivity contribution in [3.05, 3.63) is 47.1 Å². The van der Waals surface area contributed by atoms with Gasteiger partial charge in [0.25, 0.3) is 0 Å². The van der Waals surface area contributed by atoms with Crippen LogP contribution in [-0.4, -0.2) is 29.6 Å². The highest BCUT2D eigenvalue weighted by Gasteiger charge is 2.41. The molecule has 3 aliphatic rings. The summed E-state index contributed by atoms with van der Waals surface area (Å²) in [4.78, 5) is 24.8. The Hall–Kier alpha value is -1.94. The summed E-state index contributed by atoms with van der Waals surface area (Å²) in [5.41, 5.74) is 2.85. The molecule has 0 saturated carbocycles. The van der Waals surface area contributed by atoms with Crippen molar-refractivity contribution in [2.75, 3.05) is 0 Å². The topological polar surface area (TPSA) is 52.6 Å². The second kappa shape index (κ2) is 6.99. The molecule has 0 amide bonds. The molecular weight excluding hydrogens is 328 g/mol. The molecule has 0 N–H and O–H groups in total. The number of hydrogen-bond acceptors (Lipinski definition) is 4. The zero-order valence-corrected chi connectivity index (χ0v) is 16.1. The quantitative estimate of drug-likeness (QED) is 0.549. The van der Waals surface area contributed by atoms with Gasteiger partial charge >= 0.3 is 5.97 Å². The van der Waals surface area contributed by atoms with Crippen LogP contribution in [0.25, 0.3) is 0 Å². The van der Waals surface area contributed by atoms with E-state index in [4.69, 9.17) is 9.47 Å². The fraction of sp³-hybridized carbons (Fsp3) is 0.545. The molecule has 4 heteroatoms. The van der Waals surface area contributed by atoms with Crippen molar-refractivity contribution in [3.8, 4) is 0 Å². The Morgan fingerprint density at radius 1 is 1.19 bits per heavy atom. The summed E-state index contributed by atoms with van der Waals surface area (Å²) in [5, 5.41) is 0. The van der Waals surface area contributed by atoms with E-state index in [0.29, 0.717) is 12.8 Å². The van der Waals surface area contributed by atoms with Crippen molar-refractivity contribution in [2.45, 2.75) is 71.2 Å². The second-order valence-electron chi connectivity index (χ2n) is 8.02. The summed E-state index contributed by atoms with van der Waals surface area (Å²) in [5.74, 6) is -0.168. The minimum Gasteiger partial charge on any atom is -0.454 e. The third kappa shape index (κ3) is 3.61. The van der Waals surface area contributed by atoms with E-state index in [0.717, 1.165) is 35.1 Å². The van der Waals surface area contributed by atoms with Crippen LogP contribution < -0.4 is 0 Å². The molecule has 4 atom stereocenters. The highest BCUT2D eigenvalue weighted by atomic mass is 16.5. The Balaban J connectivity index is 2.07. The molecule has 0 aromatic carbocycles. The van der Waals surface area contributed by atoms with Gasteiger partial charge in [0.05, 0.1) is 6.10 Å². The second-order valence-corrected chi connectivity index (χ2v) is 8.02. The number of Topliss-reactive ketones (excluding diaryl/α,β-unsaturated/α-hetero) is 1. The number of carbonyl (C=O) groups excluding carboxylic acids is 2. The van der Waals surface area contributed by atoms with Crippen LogP contribution in [0.2, 0.25) is 0 Å². The van der Waals surface area contributed by atoms with E-state index >= 15 is 0 Å². The van der Waals surface area contributed by atoms with Crippen molar-refractivity contribution in [3.63, 3.8) is 0 Å². The maximum Gasteiger partial charge on any atom is 0.334 e. The molecule has 0 aliphatic carbocycles. The third-order valence-electron chi connectivity index (χ3n) is 5.58. The predicted octanol–water partition coefficient (Wildman–Crippen LogP) is 4.22. The first-order chi connectivity index (χ1) is 12.2. The Labute approximate surface area is 155 Å². The van der Waals surface area contributed by atoms with Crippen LogP contribution in [-0.2, 0) is 19.1 Å². The molecule has 0 saturated heterocycles. The lowest BCUT2D eigenvalue weighted by Gasteiger charge is -2.40. The van der Waals surface area contributed by atoms with Crippen LogP contribution in [0.15, 0.2) is 47.1 Å². The van der Waals surface area contributed by atoms with Crippen molar-refractivity contribution in [1.29, 1.82) is 0 Å². The van der Waals surface area contributed by atoms with Gasteiger partial charge in [-0.15, -0.1) is 0 Å². The summed E-state index contributed by atoms with van der Waals surface area (Å²) in [6, 6.07) is 0. The van der Waals surface area contributed by atoms with Crippen LogP contribution in [0.3, 0.4) is 0 Å². The van der Waals surface area contributed by atoms with Gasteiger partial charge in [-0.3, -0.25) is 4.79 Å². The standard InChI is InChI=1S/C22H28O4/c1-13(2)19-7-6-17-10-18(25-21(17)24)8-14(3)11-22(16(5)23)12-15(4)9-20(19)26-22/h10-12,18-20H,1,6-9H2,2-5H3/b14-11-/t18-,19-,20+,22?/m0/s1. The first-order valence-corrected chi connectivity index (χ1v) is 9.33. The van der Waals surface area contributed by atoms with Crippen LogP contribution in [0, 0.1) is 5.92 Å². The highest BCUT2D eigenvalue weighted by molar-refractivity contribution is 5.91. The number of ether oxygens (including phenoxy) is 2. The molecule has 1 unspecified atom stereocenters. The van der Waals surface area contributed by atoms with E-state index in [2.05, 4.69) is 13.5 Å². The summed E-state index contributed by atoms with van der Waals surface area (Å²) in [7, 11) is 0. The van der Waals surface area contributed by atoms with Crippen molar-refractivity contribution in [2.24, 2.45) is 5.92 Å². The normalized spacial score (nSPS) is 36.5. The van der Waals surface area contributed by atoms with Crippen molar-refractivity contribution >= 4 is 11.8 Å². The first kappa shape index (κ1) is 18.8. The Morgan fingerprint density at radius 2 is 1.85 bits per heavy atom. The largest absolute Gasteiger partial charge is 0.454 e. The van der Waals surface area contributed by atoms with Gasteiger partial charge in [0.2, 0.25) is 0 Å². The Morgan fingerprint density at radius 3 is 2.46 bits per heavy atom. The van der Waals surface area contributed by atoms with Crippen molar-refractivity contribution < 1.29 is 19.1 Å². The molecular formula is C22H28O4. The number of carbonyl (C=O) groups is 2. The highest BCUT2D eigenvalue weighted by Crippen LogP contribution is 2.39. The van der Waals surface area contributed by atoms with Gasteiger partial charge in [-0.1, -0.05) is 23.3 Å². The van der Waals surface area contributed by atoms with E-state index in [9.17, 15) is 9.59 Å². The average Bonchev–Trinajstić information content (AvgIpc) is 2.85. The van der Waals surface area contributed by atoms with E-state index < -0.39 is 5.60 Å². The first-order valence-electron chi connectivity index (χ1n) is 9.33. The lowest BCUT2D eigenvalue weighted by atomic mass is 9.81. The zero-order valence-electron chi connectivity index (χ0n) is 16.1.